The molecule has 1 aliphatic heterocycles. The van der Waals surface area contributed by atoms with Gasteiger partial charge in [0.1, 0.15) is 6.10 Å². The molecule has 0 amide bonds. The molecule has 1 N–H and O–H groups in total. The fourth-order valence-corrected chi connectivity index (χ4v) is 3.98. The molecule has 5 unspecified atom stereocenters. The molecule has 0 saturated carbocycles. The van der Waals surface area contributed by atoms with E-state index < -0.39 is 55.0 Å². The summed E-state index contributed by atoms with van der Waals surface area (Å²) in [7, 11) is 0. The van der Waals surface area contributed by atoms with Crippen LogP contribution in [-0.4, -0.2) is 60.1 Å². The van der Waals surface area contributed by atoms with Crippen molar-refractivity contribution in [1.82, 2.24) is 0 Å². The molecule has 0 aliphatic carbocycles. The molecule has 0 spiro atoms. The van der Waals surface area contributed by atoms with Crippen LogP contribution in [0.1, 0.15) is 38.0 Å². The topological polar surface area (TPSA) is 108 Å². The van der Waals surface area contributed by atoms with E-state index in [0.29, 0.717) is 5.56 Å². The van der Waals surface area contributed by atoms with Gasteiger partial charge in [-0.3, -0.25) is 0 Å². The van der Waals surface area contributed by atoms with Gasteiger partial charge in [0, 0.05) is 0 Å². The fourth-order valence-electron chi connectivity index (χ4n) is 3.98. The molecule has 8 nitrogen and oxygen atoms in total. The van der Waals surface area contributed by atoms with Gasteiger partial charge in [0.15, 0.2) is 18.3 Å². The third-order valence-electron chi connectivity index (χ3n) is 5.80. The van der Waals surface area contributed by atoms with E-state index in [1.54, 1.807) is 97.9 Å². The van der Waals surface area contributed by atoms with Crippen LogP contribution in [0, 0.1) is 0 Å². The molecule has 1 heterocycles. The summed E-state index contributed by atoms with van der Waals surface area (Å²) in [6.07, 6.45) is -5.43. The Morgan fingerprint density at radius 1 is 0.639 bits per heavy atom. The highest BCUT2D eigenvalue weighted by atomic mass is 16.6. The van der Waals surface area contributed by atoms with Crippen molar-refractivity contribution in [2.75, 3.05) is 6.61 Å². The first-order chi connectivity index (χ1) is 17.5. The van der Waals surface area contributed by atoms with Gasteiger partial charge in [0.05, 0.1) is 29.4 Å². The predicted octanol–water partition coefficient (Wildman–Crippen LogP) is 3.44. The van der Waals surface area contributed by atoms with Crippen LogP contribution in [0.5, 0.6) is 0 Å². The van der Waals surface area contributed by atoms with Crippen molar-refractivity contribution in [2.24, 2.45) is 0 Å². The number of carbonyl (C=O) groups excluding carboxylic acids is 3. The standard InChI is InChI=1S/C28H26O8/c1-18-23(34-26(30)19-11-5-2-6-12-19)25(36-28(32)21-15-9-4-10-16-21)24(22(17-29)33-18)35-27(31)20-13-7-3-8-14-20/h2-16,18,22-25,29H,17H2,1H3. The number of esters is 3. The van der Waals surface area contributed by atoms with E-state index in [0.717, 1.165) is 0 Å². The van der Waals surface area contributed by atoms with E-state index >= 15 is 0 Å². The number of aliphatic hydroxyl groups excluding tert-OH is 1. The van der Waals surface area contributed by atoms with E-state index in [2.05, 4.69) is 0 Å². The minimum absolute atomic E-state index is 0.262. The van der Waals surface area contributed by atoms with Gasteiger partial charge in [-0.05, 0) is 43.3 Å². The van der Waals surface area contributed by atoms with E-state index in [-0.39, 0.29) is 11.1 Å². The SMILES string of the molecule is CC1OC(CO)C(OC(=O)c2ccccc2)C(OC(=O)c2ccccc2)C1OC(=O)c1ccccc1. The van der Waals surface area contributed by atoms with Gasteiger partial charge in [-0.2, -0.15) is 0 Å². The maximum atomic E-state index is 13.0. The van der Waals surface area contributed by atoms with Crippen LogP contribution in [0.4, 0.5) is 0 Å². The summed E-state index contributed by atoms with van der Waals surface area (Å²) in [4.78, 5) is 38.8. The lowest BCUT2D eigenvalue weighted by Crippen LogP contribution is -2.61. The van der Waals surface area contributed by atoms with Crippen LogP contribution < -0.4 is 0 Å². The average Bonchev–Trinajstić information content (AvgIpc) is 2.93. The van der Waals surface area contributed by atoms with Crippen molar-refractivity contribution < 1.29 is 38.4 Å². The van der Waals surface area contributed by atoms with Crippen LogP contribution in [0.3, 0.4) is 0 Å². The maximum Gasteiger partial charge on any atom is 0.338 e. The van der Waals surface area contributed by atoms with E-state index in [1.807, 2.05) is 0 Å². The molecule has 3 aromatic rings. The summed E-state index contributed by atoms with van der Waals surface area (Å²) >= 11 is 0. The summed E-state index contributed by atoms with van der Waals surface area (Å²) in [6.45, 7) is 1.11. The summed E-state index contributed by atoms with van der Waals surface area (Å²) in [5.74, 6) is -2.06. The van der Waals surface area contributed by atoms with Crippen molar-refractivity contribution in [3.63, 3.8) is 0 Å². The van der Waals surface area contributed by atoms with Crippen LogP contribution in [0.2, 0.25) is 0 Å². The summed E-state index contributed by atoms with van der Waals surface area (Å²) < 4.78 is 23.1. The highest BCUT2D eigenvalue weighted by molar-refractivity contribution is 5.91. The van der Waals surface area contributed by atoms with Crippen LogP contribution >= 0.6 is 0 Å². The molecule has 0 aromatic heterocycles. The summed E-state index contributed by atoms with van der Waals surface area (Å²) in [6, 6.07) is 24.8. The zero-order chi connectivity index (χ0) is 25.5. The Morgan fingerprint density at radius 3 is 1.39 bits per heavy atom. The zero-order valence-electron chi connectivity index (χ0n) is 19.6. The van der Waals surface area contributed by atoms with Gasteiger partial charge in [0.2, 0.25) is 0 Å². The Morgan fingerprint density at radius 2 is 1.00 bits per heavy atom. The molecule has 1 fully saturated rings. The maximum absolute atomic E-state index is 13.0. The molecule has 1 saturated heterocycles. The fraction of sp³-hybridized carbons (Fsp3) is 0.250. The Kier molecular flexibility index (Phi) is 8.10. The predicted molar refractivity (Wildman–Crippen MR) is 128 cm³/mol. The summed E-state index contributed by atoms with van der Waals surface area (Å²) in [5, 5.41) is 10.0. The number of carbonyl (C=O) groups is 3. The first-order valence-corrected chi connectivity index (χ1v) is 11.5. The van der Waals surface area contributed by atoms with E-state index in [9.17, 15) is 19.5 Å². The number of aliphatic hydroxyl groups is 1. The Hall–Kier alpha value is -4.01. The lowest BCUT2D eigenvalue weighted by atomic mass is 9.94. The monoisotopic (exact) mass is 490 g/mol. The van der Waals surface area contributed by atoms with Gasteiger partial charge in [-0.25, -0.2) is 14.4 Å². The lowest BCUT2D eigenvalue weighted by Gasteiger charge is -2.43. The molecule has 8 heteroatoms. The average molecular weight is 491 g/mol. The molecule has 1 aliphatic rings. The third kappa shape index (κ3) is 5.79. The first kappa shape index (κ1) is 25.1. The van der Waals surface area contributed by atoms with Crippen molar-refractivity contribution in [2.45, 2.75) is 37.4 Å². The second kappa shape index (κ2) is 11.6. The third-order valence-corrected chi connectivity index (χ3v) is 5.80. The largest absolute Gasteiger partial charge is 0.452 e. The molecule has 0 radical (unpaired) electrons. The second-order valence-corrected chi connectivity index (χ2v) is 8.27. The number of hydrogen-bond donors (Lipinski definition) is 1. The highest BCUT2D eigenvalue weighted by Crippen LogP contribution is 2.30. The number of benzene rings is 3. The molecule has 4 rings (SSSR count). The molecule has 186 valence electrons. The minimum Gasteiger partial charge on any atom is -0.452 e. The van der Waals surface area contributed by atoms with Gasteiger partial charge in [-0.15, -0.1) is 0 Å². The van der Waals surface area contributed by atoms with Crippen molar-refractivity contribution in [3.8, 4) is 0 Å². The first-order valence-electron chi connectivity index (χ1n) is 11.5. The lowest BCUT2D eigenvalue weighted by molar-refractivity contribution is -0.224. The van der Waals surface area contributed by atoms with Gasteiger partial charge >= 0.3 is 17.9 Å². The van der Waals surface area contributed by atoms with Crippen molar-refractivity contribution >= 4 is 17.9 Å². The Bertz CT molecular complexity index is 1170. The molecule has 36 heavy (non-hydrogen) atoms. The molecule has 3 aromatic carbocycles. The summed E-state index contributed by atoms with van der Waals surface area (Å²) in [5.41, 5.74) is 0.817. The Labute approximate surface area is 208 Å². The number of hydrogen-bond acceptors (Lipinski definition) is 8. The smallest absolute Gasteiger partial charge is 0.338 e. The normalized spacial score (nSPS) is 23.3. The molecular formula is C28H26O8. The highest BCUT2D eigenvalue weighted by Gasteiger charge is 2.51. The quantitative estimate of drug-likeness (QED) is 0.396. The zero-order valence-corrected chi connectivity index (χ0v) is 19.6. The van der Waals surface area contributed by atoms with Crippen LogP contribution in [0.15, 0.2) is 91.0 Å². The van der Waals surface area contributed by atoms with Crippen molar-refractivity contribution in [1.29, 1.82) is 0 Å². The number of ether oxygens (including phenoxy) is 4. The van der Waals surface area contributed by atoms with Gasteiger partial charge in [0.25, 0.3) is 0 Å². The van der Waals surface area contributed by atoms with Gasteiger partial charge < -0.3 is 24.1 Å². The molecular weight excluding hydrogens is 464 g/mol. The van der Waals surface area contributed by atoms with Crippen LogP contribution in [-0.2, 0) is 18.9 Å². The number of rotatable bonds is 7. The van der Waals surface area contributed by atoms with E-state index in [1.165, 1.54) is 0 Å². The van der Waals surface area contributed by atoms with Crippen molar-refractivity contribution in [3.05, 3.63) is 108 Å². The molecule has 5 atom stereocenters. The molecule has 0 bridgehead atoms. The Balaban J connectivity index is 1.66. The second-order valence-electron chi connectivity index (χ2n) is 8.27. The minimum atomic E-state index is -1.25. The van der Waals surface area contributed by atoms with E-state index in [4.69, 9.17) is 18.9 Å². The van der Waals surface area contributed by atoms with Crippen LogP contribution in [0.25, 0.3) is 0 Å². The van der Waals surface area contributed by atoms with Gasteiger partial charge in [-0.1, -0.05) is 54.6 Å².